The predicted octanol–water partition coefficient (Wildman–Crippen LogP) is 2.89. The van der Waals surface area contributed by atoms with Gasteiger partial charge in [-0.05, 0) is 69.4 Å². The first-order valence-electron chi connectivity index (χ1n) is 8.21. The second-order valence-corrected chi connectivity index (χ2v) is 7.27. The summed E-state index contributed by atoms with van der Waals surface area (Å²) in [4.78, 5) is 2.66. The lowest BCUT2D eigenvalue weighted by Crippen LogP contribution is -2.58. The molecule has 0 aromatic rings. The minimum absolute atomic E-state index is 0.813. The highest BCUT2D eigenvalue weighted by Crippen LogP contribution is 2.32. The van der Waals surface area contributed by atoms with Gasteiger partial charge in [-0.25, -0.2) is 0 Å². The van der Waals surface area contributed by atoms with Gasteiger partial charge in [-0.15, -0.1) is 0 Å². The van der Waals surface area contributed by atoms with Crippen molar-refractivity contribution in [2.75, 3.05) is 19.6 Å². The molecule has 0 aromatic carbocycles. The molecule has 2 heteroatoms. The van der Waals surface area contributed by atoms with Gasteiger partial charge in [0.1, 0.15) is 0 Å². The molecule has 0 amide bonds. The first-order valence-corrected chi connectivity index (χ1v) is 8.21. The van der Waals surface area contributed by atoms with Gasteiger partial charge in [0, 0.05) is 18.6 Å². The molecule has 0 spiro atoms. The highest BCUT2D eigenvalue weighted by atomic mass is 15.2. The highest BCUT2D eigenvalue weighted by molar-refractivity contribution is 4.93. The molecule has 1 saturated carbocycles. The smallest absolute Gasteiger partial charge is 0.0226 e. The van der Waals surface area contributed by atoms with Gasteiger partial charge in [-0.1, -0.05) is 13.8 Å². The van der Waals surface area contributed by atoms with Gasteiger partial charge < -0.3 is 10.2 Å². The molecular weight excluding hydrogens is 220 g/mol. The fourth-order valence-corrected chi connectivity index (χ4v) is 4.41. The maximum Gasteiger partial charge on any atom is 0.0226 e. The van der Waals surface area contributed by atoms with Crippen LogP contribution in [0.4, 0.5) is 0 Å². The van der Waals surface area contributed by atoms with E-state index in [1.54, 1.807) is 0 Å². The van der Waals surface area contributed by atoms with Gasteiger partial charge in [-0.3, -0.25) is 0 Å². The average Bonchev–Trinajstić information content (AvgIpc) is 2.41. The fourth-order valence-electron chi connectivity index (χ4n) is 4.41. The van der Waals surface area contributed by atoms with Gasteiger partial charge in [-0.2, -0.15) is 0 Å². The lowest BCUT2D eigenvalue weighted by Gasteiger charge is -2.47. The molecule has 1 N–H and O–H groups in total. The van der Waals surface area contributed by atoms with Gasteiger partial charge in [0.25, 0.3) is 0 Å². The summed E-state index contributed by atoms with van der Waals surface area (Å²) in [5.41, 5.74) is 0. The van der Waals surface area contributed by atoms with E-state index >= 15 is 0 Å². The van der Waals surface area contributed by atoms with Crippen LogP contribution < -0.4 is 5.32 Å². The van der Waals surface area contributed by atoms with Crippen molar-refractivity contribution < 1.29 is 0 Å². The second kappa shape index (κ2) is 5.50. The molecule has 3 heterocycles. The van der Waals surface area contributed by atoms with Crippen LogP contribution in [0.15, 0.2) is 0 Å². The summed E-state index contributed by atoms with van der Waals surface area (Å²) >= 11 is 0. The monoisotopic (exact) mass is 250 g/mol. The van der Waals surface area contributed by atoms with Gasteiger partial charge >= 0.3 is 0 Å². The van der Waals surface area contributed by atoms with Crippen LogP contribution in [0.5, 0.6) is 0 Å². The van der Waals surface area contributed by atoms with Crippen LogP contribution >= 0.6 is 0 Å². The number of hydrogen-bond acceptors (Lipinski definition) is 2. The summed E-state index contributed by atoms with van der Waals surface area (Å²) in [5.74, 6) is 2.87. The molecule has 1 aliphatic carbocycles. The van der Waals surface area contributed by atoms with Crippen LogP contribution in [0.1, 0.15) is 52.4 Å². The Morgan fingerprint density at radius 2 is 1.61 bits per heavy atom. The Hall–Kier alpha value is -0.0800. The molecule has 0 radical (unpaired) electrons. The van der Waals surface area contributed by atoms with Crippen LogP contribution in [0.3, 0.4) is 0 Å². The van der Waals surface area contributed by atoms with Crippen LogP contribution in [0.25, 0.3) is 0 Å². The lowest BCUT2D eigenvalue weighted by atomic mass is 9.78. The van der Waals surface area contributed by atoms with Crippen LogP contribution in [0.2, 0.25) is 0 Å². The quantitative estimate of drug-likeness (QED) is 0.828. The van der Waals surface area contributed by atoms with E-state index < -0.39 is 0 Å². The largest absolute Gasteiger partial charge is 0.310 e. The minimum atomic E-state index is 0.813. The molecule has 4 rings (SSSR count). The Morgan fingerprint density at radius 1 is 0.944 bits per heavy atom. The summed E-state index contributed by atoms with van der Waals surface area (Å²) in [6.45, 7) is 8.85. The number of fused-ring (bicyclic) bond motifs is 3. The third kappa shape index (κ3) is 2.75. The maximum absolute atomic E-state index is 4.01. The van der Waals surface area contributed by atoms with Crippen molar-refractivity contribution in [1.82, 2.24) is 10.2 Å². The van der Waals surface area contributed by atoms with Crippen molar-refractivity contribution in [3.63, 3.8) is 0 Å². The Bertz CT molecular complexity index is 260. The molecule has 4 aliphatic rings. The number of hydrogen-bond donors (Lipinski definition) is 1. The van der Waals surface area contributed by atoms with Crippen molar-refractivity contribution in [1.29, 1.82) is 0 Å². The number of rotatable bonds is 3. The van der Waals surface area contributed by atoms with E-state index in [9.17, 15) is 0 Å². The average molecular weight is 250 g/mol. The number of nitrogens with one attached hydrogen (secondary N) is 1. The molecular formula is C16H30N2. The van der Waals surface area contributed by atoms with Crippen LogP contribution in [0, 0.1) is 17.8 Å². The molecule has 18 heavy (non-hydrogen) atoms. The topological polar surface area (TPSA) is 15.3 Å². The summed E-state index contributed by atoms with van der Waals surface area (Å²) in [6.07, 6.45) is 8.64. The molecule has 1 unspecified atom stereocenters. The molecule has 0 aromatic heterocycles. The van der Waals surface area contributed by atoms with E-state index in [1.807, 2.05) is 0 Å². The Balaban J connectivity index is 1.47. The lowest BCUT2D eigenvalue weighted by molar-refractivity contribution is 0.0616. The predicted molar refractivity (Wildman–Crippen MR) is 76.7 cm³/mol. The van der Waals surface area contributed by atoms with E-state index in [2.05, 4.69) is 24.1 Å². The summed E-state index contributed by atoms with van der Waals surface area (Å²) < 4.78 is 0. The Morgan fingerprint density at radius 3 is 2.11 bits per heavy atom. The summed E-state index contributed by atoms with van der Waals surface area (Å²) in [5, 5.41) is 4.01. The van der Waals surface area contributed by atoms with E-state index in [0.717, 1.165) is 29.8 Å². The Kier molecular flexibility index (Phi) is 3.95. The molecule has 3 saturated heterocycles. The fraction of sp³-hybridized carbons (Fsp3) is 1.00. The highest BCUT2D eigenvalue weighted by Gasteiger charge is 2.35. The van der Waals surface area contributed by atoms with E-state index in [4.69, 9.17) is 0 Å². The van der Waals surface area contributed by atoms with Gasteiger partial charge in [0.05, 0.1) is 0 Å². The molecule has 2 nitrogen and oxygen atoms in total. The van der Waals surface area contributed by atoms with E-state index in [0.29, 0.717) is 0 Å². The van der Waals surface area contributed by atoms with Crippen molar-refractivity contribution >= 4 is 0 Å². The number of nitrogens with zero attached hydrogens (tertiary/aromatic N) is 1. The zero-order valence-corrected chi connectivity index (χ0v) is 12.2. The van der Waals surface area contributed by atoms with Gasteiger partial charge in [0.15, 0.2) is 0 Å². The summed E-state index contributed by atoms with van der Waals surface area (Å²) in [7, 11) is 0. The molecule has 3 aliphatic heterocycles. The molecule has 4 fully saturated rings. The standard InChI is InChI=1S/C16H30N2/c1-12(2)13-3-5-15(6-4-13)17-16-11-18-9-7-14(16)8-10-18/h12-17H,3-11H2,1-2H3. The zero-order chi connectivity index (χ0) is 12.5. The normalized spacial score (nSPS) is 44.5. The first kappa shape index (κ1) is 12.9. The van der Waals surface area contributed by atoms with Crippen molar-refractivity contribution in [2.24, 2.45) is 17.8 Å². The molecule has 2 bridgehead atoms. The SMILES string of the molecule is CC(C)C1CCC(NC2CN3CCC2CC3)CC1. The third-order valence-corrected chi connectivity index (χ3v) is 5.82. The first-order chi connectivity index (χ1) is 8.72. The van der Waals surface area contributed by atoms with Crippen molar-refractivity contribution in [3.8, 4) is 0 Å². The zero-order valence-electron chi connectivity index (χ0n) is 12.2. The van der Waals surface area contributed by atoms with Crippen LogP contribution in [-0.4, -0.2) is 36.6 Å². The third-order valence-electron chi connectivity index (χ3n) is 5.82. The number of piperidine rings is 3. The van der Waals surface area contributed by atoms with E-state index in [1.165, 1.54) is 58.2 Å². The van der Waals surface area contributed by atoms with E-state index in [-0.39, 0.29) is 0 Å². The second-order valence-electron chi connectivity index (χ2n) is 7.27. The Labute approximate surface area is 113 Å². The molecule has 104 valence electrons. The summed E-state index contributed by atoms with van der Waals surface area (Å²) in [6, 6.07) is 1.64. The van der Waals surface area contributed by atoms with Crippen LogP contribution in [-0.2, 0) is 0 Å². The minimum Gasteiger partial charge on any atom is -0.310 e. The van der Waals surface area contributed by atoms with Crippen molar-refractivity contribution in [3.05, 3.63) is 0 Å². The molecule has 1 atom stereocenters. The van der Waals surface area contributed by atoms with Crippen molar-refractivity contribution in [2.45, 2.75) is 64.5 Å². The van der Waals surface area contributed by atoms with Gasteiger partial charge in [0.2, 0.25) is 0 Å². The maximum atomic E-state index is 4.01.